The molecule has 1 aliphatic rings. The quantitative estimate of drug-likeness (QED) is 0.728. The SMILES string of the molecule is CC(=O)NCC1CCCCC1Br. The standard InChI is InChI=1S/C9H16BrNO/c1-7(12)11-6-8-4-2-3-5-9(8)10/h8-9H,2-6H2,1H3,(H,11,12). The highest BCUT2D eigenvalue weighted by Crippen LogP contribution is 2.29. The van der Waals surface area contributed by atoms with Crippen LogP contribution in [-0.2, 0) is 4.79 Å². The number of halogens is 1. The molecule has 1 fully saturated rings. The first-order valence-electron chi connectivity index (χ1n) is 4.58. The van der Waals surface area contributed by atoms with Crippen molar-refractivity contribution in [3.63, 3.8) is 0 Å². The molecule has 0 bridgehead atoms. The summed E-state index contributed by atoms with van der Waals surface area (Å²) in [5.41, 5.74) is 0. The second kappa shape index (κ2) is 4.85. The van der Waals surface area contributed by atoms with Crippen molar-refractivity contribution in [2.45, 2.75) is 37.4 Å². The van der Waals surface area contributed by atoms with Crippen LogP contribution in [0.1, 0.15) is 32.6 Å². The van der Waals surface area contributed by atoms with Crippen LogP contribution in [0.4, 0.5) is 0 Å². The third-order valence-electron chi connectivity index (χ3n) is 2.43. The summed E-state index contributed by atoms with van der Waals surface area (Å²) in [6, 6.07) is 0. The highest BCUT2D eigenvalue weighted by molar-refractivity contribution is 9.09. The number of hydrogen-bond acceptors (Lipinski definition) is 1. The highest BCUT2D eigenvalue weighted by atomic mass is 79.9. The Morgan fingerprint density at radius 2 is 2.17 bits per heavy atom. The summed E-state index contributed by atoms with van der Waals surface area (Å²) in [5, 5.41) is 2.88. The maximum absolute atomic E-state index is 10.7. The number of amides is 1. The molecule has 0 aromatic rings. The molecule has 1 rings (SSSR count). The van der Waals surface area contributed by atoms with Crippen LogP contribution >= 0.6 is 15.9 Å². The Kier molecular flexibility index (Phi) is 4.06. The highest BCUT2D eigenvalue weighted by Gasteiger charge is 2.22. The van der Waals surface area contributed by atoms with Gasteiger partial charge >= 0.3 is 0 Å². The average Bonchev–Trinajstić information content (AvgIpc) is 2.03. The van der Waals surface area contributed by atoms with Crippen LogP contribution in [0.5, 0.6) is 0 Å². The number of alkyl halides is 1. The van der Waals surface area contributed by atoms with Gasteiger partial charge in [-0.1, -0.05) is 28.8 Å². The van der Waals surface area contributed by atoms with Crippen molar-refractivity contribution in [3.05, 3.63) is 0 Å². The molecule has 2 unspecified atom stereocenters. The predicted octanol–water partition coefficient (Wildman–Crippen LogP) is 2.08. The van der Waals surface area contributed by atoms with Crippen LogP contribution in [0, 0.1) is 5.92 Å². The van der Waals surface area contributed by atoms with Gasteiger partial charge in [0.15, 0.2) is 0 Å². The van der Waals surface area contributed by atoms with E-state index >= 15 is 0 Å². The Hall–Kier alpha value is -0.0500. The van der Waals surface area contributed by atoms with Crippen molar-refractivity contribution in [1.29, 1.82) is 0 Å². The van der Waals surface area contributed by atoms with Gasteiger partial charge in [0.05, 0.1) is 0 Å². The van der Waals surface area contributed by atoms with Crippen molar-refractivity contribution in [3.8, 4) is 0 Å². The molecule has 0 radical (unpaired) electrons. The van der Waals surface area contributed by atoms with Crippen LogP contribution in [0.2, 0.25) is 0 Å². The Balaban J connectivity index is 2.24. The molecule has 0 aromatic heterocycles. The number of carbonyl (C=O) groups is 1. The first-order chi connectivity index (χ1) is 5.70. The van der Waals surface area contributed by atoms with Gasteiger partial charge in [-0.05, 0) is 18.8 Å². The van der Waals surface area contributed by atoms with Crippen molar-refractivity contribution in [2.24, 2.45) is 5.92 Å². The molecule has 1 amide bonds. The first-order valence-corrected chi connectivity index (χ1v) is 5.50. The molecule has 12 heavy (non-hydrogen) atoms. The van der Waals surface area contributed by atoms with Gasteiger partial charge in [0.1, 0.15) is 0 Å². The normalized spacial score (nSPS) is 29.8. The molecule has 70 valence electrons. The monoisotopic (exact) mass is 233 g/mol. The summed E-state index contributed by atoms with van der Waals surface area (Å²) in [6.45, 7) is 2.41. The zero-order chi connectivity index (χ0) is 8.97. The minimum atomic E-state index is 0.0836. The summed E-state index contributed by atoms with van der Waals surface area (Å²) >= 11 is 3.65. The molecular formula is C9H16BrNO. The van der Waals surface area contributed by atoms with Gasteiger partial charge in [-0.3, -0.25) is 4.79 Å². The second-order valence-electron chi connectivity index (χ2n) is 3.50. The zero-order valence-corrected chi connectivity index (χ0v) is 9.06. The number of carbonyl (C=O) groups excluding carboxylic acids is 1. The van der Waals surface area contributed by atoms with Crippen LogP contribution in [-0.4, -0.2) is 17.3 Å². The molecule has 1 N–H and O–H groups in total. The maximum atomic E-state index is 10.7. The van der Waals surface area contributed by atoms with Crippen molar-refractivity contribution in [1.82, 2.24) is 5.32 Å². The second-order valence-corrected chi connectivity index (χ2v) is 4.67. The third-order valence-corrected chi connectivity index (χ3v) is 3.64. The fourth-order valence-corrected chi connectivity index (χ4v) is 2.44. The molecular weight excluding hydrogens is 218 g/mol. The fraction of sp³-hybridized carbons (Fsp3) is 0.889. The molecule has 2 atom stereocenters. The van der Waals surface area contributed by atoms with Crippen molar-refractivity contribution in [2.75, 3.05) is 6.54 Å². The summed E-state index contributed by atoms with van der Waals surface area (Å²) in [4.78, 5) is 11.3. The molecule has 0 aliphatic heterocycles. The average molecular weight is 234 g/mol. The Morgan fingerprint density at radius 3 is 2.75 bits per heavy atom. The largest absolute Gasteiger partial charge is 0.356 e. The van der Waals surface area contributed by atoms with E-state index in [1.165, 1.54) is 25.7 Å². The van der Waals surface area contributed by atoms with E-state index in [9.17, 15) is 4.79 Å². The van der Waals surface area contributed by atoms with E-state index < -0.39 is 0 Å². The fourth-order valence-electron chi connectivity index (χ4n) is 1.67. The lowest BCUT2D eigenvalue weighted by Gasteiger charge is -2.27. The van der Waals surface area contributed by atoms with E-state index in [4.69, 9.17) is 0 Å². The molecule has 0 heterocycles. The number of rotatable bonds is 2. The van der Waals surface area contributed by atoms with Crippen molar-refractivity contribution >= 4 is 21.8 Å². The van der Waals surface area contributed by atoms with Gasteiger partial charge in [0.25, 0.3) is 0 Å². The molecule has 3 heteroatoms. The Bertz CT molecular complexity index is 161. The molecule has 1 aliphatic carbocycles. The van der Waals surface area contributed by atoms with Crippen LogP contribution in [0.25, 0.3) is 0 Å². The first kappa shape index (κ1) is 10.0. The molecule has 0 saturated heterocycles. The maximum Gasteiger partial charge on any atom is 0.216 e. The molecule has 0 spiro atoms. The van der Waals surface area contributed by atoms with E-state index in [0.29, 0.717) is 10.7 Å². The van der Waals surface area contributed by atoms with Crippen LogP contribution in [0.3, 0.4) is 0 Å². The van der Waals surface area contributed by atoms with Crippen LogP contribution < -0.4 is 5.32 Å². The summed E-state index contributed by atoms with van der Waals surface area (Å²) in [6.07, 6.45) is 5.14. The zero-order valence-electron chi connectivity index (χ0n) is 7.48. The van der Waals surface area contributed by atoms with E-state index in [2.05, 4.69) is 21.2 Å². The lowest BCUT2D eigenvalue weighted by atomic mass is 9.89. The third kappa shape index (κ3) is 3.13. The minimum absolute atomic E-state index is 0.0836. The smallest absolute Gasteiger partial charge is 0.216 e. The molecule has 0 aromatic carbocycles. The van der Waals surface area contributed by atoms with Gasteiger partial charge < -0.3 is 5.32 Å². The minimum Gasteiger partial charge on any atom is -0.356 e. The van der Waals surface area contributed by atoms with Crippen molar-refractivity contribution < 1.29 is 4.79 Å². The van der Waals surface area contributed by atoms with E-state index in [-0.39, 0.29) is 5.91 Å². The van der Waals surface area contributed by atoms with Gasteiger partial charge in [0, 0.05) is 18.3 Å². The van der Waals surface area contributed by atoms with E-state index in [1.54, 1.807) is 6.92 Å². The van der Waals surface area contributed by atoms with Gasteiger partial charge in [-0.25, -0.2) is 0 Å². The summed E-state index contributed by atoms with van der Waals surface area (Å²) in [7, 11) is 0. The van der Waals surface area contributed by atoms with Gasteiger partial charge in [0.2, 0.25) is 5.91 Å². The van der Waals surface area contributed by atoms with Gasteiger partial charge in [-0.15, -0.1) is 0 Å². The predicted molar refractivity (Wildman–Crippen MR) is 53.4 cm³/mol. The Morgan fingerprint density at radius 1 is 1.50 bits per heavy atom. The summed E-state index contributed by atoms with van der Waals surface area (Å²) in [5.74, 6) is 0.725. The number of nitrogens with one attached hydrogen (secondary N) is 1. The van der Waals surface area contributed by atoms with E-state index in [1.807, 2.05) is 0 Å². The summed E-state index contributed by atoms with van der Waals surface area (Å²) < 4.78 is 0. The Labute approximate surface area is 82.2 Å². The van der Waals surface area contributed by atoms with Gasteiger partial charge in [-0.2, -0.15) is 0 Å². The number of hydrogen-bond donors (Lipinski definition) is 1. The lowest BCUT2D eigenvalue weighted by Crippen LogP contribution is -2.33. The van der Waals surface area contributed by atoms with Crippen LogP contribution in [0.15, 0.2) is 0 Å². The lowest BCUT2D eigenvalue weighted by molar-refractivity contribution is -0.119. The molecule has 1 saturated carbocycles. The van der Waals surface area contributed by atoms with E-state index in [0.717, 1.165) is 6.54 Å². The topological polar surface area (TPSA) is 29.1 Å². The molecule has 2 nitrogen and oxygen atoms in total.